The highest BCUT2D eigenvalue weighted by atomic mass is 35.5. The van der Waals surface area contributed by atoms with E-state index in [2.05, 4.69) is 11.4 Å². The fourth-order valence-corrected chi connectivity index (χ4v) is 2.31. The smallest absolute Gasteiger partial charge is 0.0468 e. The highest BCUT2D eigenvalue weighted by molar-refractivity contribution is 6.30. The summed E-state index contributed by atoms with van der Waals surface area (Å²) in [5, 5.41) is 4.18. The third kappa shape index (κ3) is 2.44. The Morgan fingerprint density at radius 1 is 1.53 bits per heavy atom. The number of nitrogens with one attached hydrogen (secondary N) is 1. The van der Waals surface area contributed by atoms with Gasteiger partial charge in [0.15, 0.2) is 0 Å². The number of anilines is 1. The number of hydrogen-bond acceptors (Lipinski definition) is 2. The van der Waals surface area contributed by atoms with Crippen LogP contribution in [0.4, 0.5) is 5.69 Å². The van der Waals surface area contributed by atoms with Gasteiger partial charge in [-0.3, -0.25) is 0 Å². The van der Waals surface area contributed by atoms with Gasteiger partial charge >= 0.3 is 0 Å². The normalized spacial score (nSPS) is 19.5. The molecule has 0 saturated carbocycles. The van der Waals surface area contributed by atoms with Gasteiger partial charge in [0.05, 0.1) is 0 Å². The Morgan fingerprint density at radius 2 is 2.40 bits per heavy atom. The number of hydrogen-bond donors (Lipinski definition) is 1. The maximum absolute atomic E-state index is 5.96. The first kappa shape index (κ1) is 10.8. The molecule has 0 fully saturated rings. The minimum Gasteiger partial charge on any atom is -0.385 e. The second-order valence-electron chi connectivity index (χ2n) is 3.93. The van der Waals surface area contributed by atoms with Crippen LogP contribution in [0.2, 0.25) is 5.02 Å². The molecule has 0 aromatic heterocycles. The zero-order chi connectivity index (χ0) is 10.7. The van der Waals surface area contributed by atoms with Crippen LogP contribution in [0.25, 0.3) is 0 Å². The Morgan fingerprint density at radius 3 is 3.20 bits per heavy atom. The molecule has 0 spiro atoms. The molecule has 1 aliphatic rings. The molecule has 2 rings (SSSR count). The summed E-state index contributed by atoms with van der Waals surface area (Å²) in [5.74, 6) is 0.610. The average Bonchev–Trinajstić information content (AvgIpc) is 2.25. The molecule has 1 aliphatic heterocycles. The summed E-state index contributed by atoms with van der Waals surface area (Å²) in [7, 11) is 1.75. The lowest BCUT2D eigenvalue weighted by molar-refractivity contribution is 0.186. The third-order valence-electron chi connectivity index (χ3n) is 2.93. The Bertz CT molecular complexity index is 340. The first-order chi connectivity index (χ1) is 7.31. The van der Waals surface area contributed by atoms with Gasteiger partial charge in [-0.2, -0.15) is 0 Å². The highest BCUT2D eigenvalue weighted by Crippen LogP contribution is 2.35. The standard InChI is InChI=1S/C12H16ClNO/c1-15-7-5-9-4-6-14-12-8-10(13)2-3-11(9)12/h2-3,8-9,14H,4-7H2,1H3. The van der Waals surface area contributed by atoms with E-state index in [1.54, 1.807) is 7.11 Å². The van der Waals surface area contributed by atoms with Crippen molar-refractivity contribution < 1.29 is 4.74 Å². The zero-order valence-electron chi connectivity index (χ0n) is 8.92. The van der Waals surface area contributed by atoms with Crippen LogP contribution >= 0.6 is 11.6 Å². The van der Waals surface area contributed by atoms with Crippen molar-refractivity contribution in [2.75, 3.05) is 25.6 Å². The van der Waals surface area contributed by atoms with Crippen molar-refractivity contribution in [2.24, 2.45) is 0 Å². The first-order valence-electron chi connectivity index (χ1n) is 5.33. The average molecular weight is 226 g/mol. The van der Waals surface area contributed by atoms with Crippen molar-refractivity contribution in [3.05, 3.63) is 28.8 Å². The summed E-state index contributed by atoms with van der Waals surface area (Å²) in [6.07, 6.45) is 2.27. The molecular formula is C12H16ClNO. The Kier molecular flexibility index (Phi) is 3.49. The van der Waals surface area contributed by atoms with Crippen molar-refractivity contribution in [3.8, 4) is 0 Å². The van der Waals surface area contributed by atoms with Crippen molar-refractivity contribution in [1.29, 1.82) is 0 Å². The van der Waals surface area contributed by atoms with E-state index in [4.69, 9.17) is 16.3 Å². The molecule has 1 N–H and O–H groups in total. The van der Waals surface area contributed by atoms with Gasteiger partial charge in [-0.15, -0.1) is 0 Å². The quantitative estimate of drug-likeness (QED) is 0.853. The number of ether oxygens (including phenoxy) is 1. The van der Waals surface area contributed by atoms with Gasteiger partial charge in [-0.05, 0) is 36.5 Å². The first-order valence-corrected chi connectivity index (χ1v) is 5.71. The summed E-state index contributed by atoms with van der Waals surface area (Å²) in [5.41, 5.74) is 2.57. The van der Waals surface area contributed by atoms with E-state index < -0.39 is 0 Å². The molecule has 15 heavy (non-hydrogen) atoms. The van der Waals surface area contributed by atoms with E-state index in [1.807, 2.05) is 12.1 Å². The molecule has 1 aromatic carbocycles. The molecule has 82 valence electrons. The van der Waals surface area contributed by atoms with E-state index in [0.717, 1.165) is 24.6 Å². The number of rotatable bonds is 3. The van der Waals surface area contributed by atoms with Gasteiger partial charge < -0.3 is 10.1 Å². The van der Waals surface area contributed by atoms with Crippen LogP contribution in [0.1, 0.15) is 24.3 Å². The van der Waals surface area contributed by atoms with Crippen LogP contribution in [0, 0.1) is 0 Å². The predicted octanol–water partition coefficient (Wildman–Crippen LogP) is 3.28. The molecule has 2 nitrogen and oxygen atoms in total. The zero-order valence-corrected chi connectivity index (χ0v) is 9.68. The highest BCUT2D eigenvalue weighted by Gasteiger charge is 2.19. The molecule has 1 aromatic rings. The summed E-state index contributed by atoms with van der Waals surface area (Å²) >= 11 is 5.96. The molecule has 0 saturated heterocycles. The molecule has 0 bridgehead atoms. The Balaban J connectivity index is 2.18. The lowest BCUT2D eigenvalue weighted by Gasteiger charge is -2.26. The maximum atomic E-state index is 5.96. The van der Waals surface area contributed by atoms with E-state index in [1.165, 1.54) is 17.7 Å². The molecule has 1 heterocycles. The predicted molar refractivity (Wildman–Crippen MR) is 63.8 cm³/mol. The fourth-order valence-electron chi connectivity index (χ4n) is 2.13. The number of halogens is 1. The summed E-state index contributed by atoms with van der Waals surface area (Å²) in [4.78, 5) is 0. The lowest BCUT2D eigenvalue weighted by atomic mass is 9.89. The number of methoxy groups -OCH3 is 1. The van der Waals surface area contributed by atoms with E-state index in [9.17, 15) is 0 Å². The van der Waals surface area contributed by atoms with E-state index in [0.29, 0.717) is 5.92 Å². The van der Waals surface area contributed by atoms with Gasteiger partial charge in [-0.1, -0.05) is 17.7 Å². The molecule has 1 unspecified atom stereocenters. The van der Waals surface area contributed by atoms with Crippen LogP contribution in [-0.2, 0) is 4.74 Å². The third-order valence-corrected chi connectivity index (χ3v) is 3.17. The minimum absolute atomic E-state index is 0.610. The fraction of sp³-hybridized carbons (Fsp3) is 0.500. The number of benzene rings is 1. The minimum atomic E-state index is 0.610. The Labute approximate surface area is 95.6 Å². The second-order valence-corrected chi connectivity index (χ2v) is 4.36. The van der Waals surface area contributed by atoms with Crippen molar-refractivity contribution in [3.63, 3.8) is 0 Å². The summed E-state index contributed by atoms with van der Waals surface area (Å²) < 4.78 is 5.14. The maximum Gasteiger partial charge on any atom is 0.0468 e. The van der Waals surface area contributed by atoms with Crippen LogP contribution < -0.4 is 5.32 Å². The topological polar surface area (TPSA) is 21.3 Å². The summed E-state index contributed by atoms with van der Waals surface area (Å²) in [6, 6.07) is 6.10. The summed E-state index contributed by atoms with van der Waals surface area (Å²) in [6.45, 7) is 1.86. The van der Waals surface area contributed by atoms with Crippen molar-refractivity contribution in [1.82, 2.24) is 0 Å². The van der Waals surface area contributed by atoms with Crippen molar-refractivity contribution in [2.45, 2.75) is 18.8 Å². The van der Waals surface area contributed by atoms with Gasteiger partial charge in [0.2, 0.25) is 0 Å². The van der Waals surface area contributed by atoms with Crippen LogP contribution in [0.5, 0.6) is 0 Å². The van der Waals surface area contributed by atoms with Gasteiger partial charge in [0.25, 0.3) is 0 Å². The van der Waals surface area contributed by atoms with Gasteiger partial charge in [-0.25, -0.2) is 0 Å². The van der Waals surface area contributed by atoms with Crippen LogP contribution in [-0.4, -0.2) is 20.3 Å². The molecule has 1 atom stereocenters. The molecule has 0 amide bonds. The molecule has 3 heteroatoms. The largest absolute Gasteiger partial charge is 0.385 e. The lowest BCUT2D eigenvalue weighted by Crippen LogP contribution is -2.17. The van der Waals surface area contributed by atoms with Crippen LogP contribution in [0.15, 0.2) is 18.2 Å². The number of fused-ring (bicyclic) bond motifs is 1. The molecule has 0 radical (unpaired) electrons. The van der Waals surface area contributed by atoms with E-state index in [-0.39, 0.29) is 0 Å². The van der Waals surface area contributed by atoms with Gasteiger partial charge in [0.1, 0.15) is 0 Å². The Hall–Kier alpha value is -0.730. The van der Waals surface area contributed by atoms with Gasteiger partial charge in [0, 0.05) is 31.0 Å². The second kappa shape index (κ2) is 4.86. The molecular weight excluding hydrogens is 210 g/mol. The van der Waals surface area contributed by atoms with Crippen LogP contribution in [0.3, 0.4) is 0 Å². The van der Waals surface area contributed by atoms with Crippen molar-refractivity contribution >= 4 is 17.3 Å². The van der Waals surface area contributed by atoms with E-state index >= 15 is 0 Å². The monoisotopic (exact) mass is 225 g/mol. The molecule has 0 aliphatic carbocycles. The SMILES string of the molecule is COCCC1CCNc2cc(Cl)ccc21.